The summed E-state index contributed by atoms with van der Waals surface area (Å²) in [5.41, 5.74) is -3.22. The molecule has 0 aliphatic carbocycles. The molecule has 3 heterocycles. The second-order valence-corrected chi connectivity index (χ2v) is 8.15. The Morgan fingerprint density at radius 3 is 2.41 bits per heavy atom. The van der Waals surface area contributed by atoms with Gasteiger partial charge in [-0.15, -0.1) is 0 Å². The number of aromatic nitrogens is 3. The number of piperazine rings is 1. The number of alkyl halides is 6. The largest absolute Gasteiger partial charge is 0.443 e. The van der Waals surface area contributed by atoms with Crippen LogP contribution in [0.15, 0.2) is 17.2 Å². The summed E-state index contributed by atoms with van der Waals surface area (Å²) in [7, 11) is 0. The van der Waals surface area contributed by atoms with Gasteiger partial charge in [0.25, 0.3) is 5.56 Å². The van der Waals surface area contributed by atoms with Gasteiger partial charge in [-0.25, -0.2) is 10.1 Å². The lowest BCUT2D eigenvalue weighted by molar-refractivity contribution is -0.138. The number of rotatable bonds is 8. The number of nitrogens with one attached hydrogen (secondary N) is 2. The van der Waals surface area contributed by atoms with Crippen molar-refractivity contribution in [2.75, 3.05) is 56.2 Å². The summed E-state index contributed by atoms with van der Waals surface area (Å²) >= 11 is 0.554. The molecule has 0 saturated carbocycles. The first-order chi connectivity index (χ1) is 16.0. The van der Waals surface area contributed by atoms with E-state index in [4.69, 9.17) is 4.74 Å². The molecule has 0 radical (unpaired) electrons. The number of hydrogen-bond donors (Lipinski definition) is 2. The number of halogens is 6. The van der Waals surface area contributed by atoms with Gasteiger partial charge in [0, 0.05) is 32.7 Å². The van der Waals surface area contributed by atoms with Gasteiger partial charge in [0.05, 0.1) is 37.7 Å². The Morgan fingerprint density at radius 1 is 1.09 bits per heavy atom. The van der Waals surface area contributed by atoms with Crippen LogP contribution in [0, 0.1) is 0 Å². The van der Waals surface area contributed by atoms with E-state index in [0.29, 0.717) is 42.5 Å². The maximum atomic E-state index is 13.0. The fraction of sp³-hybridized carbons (Fsp3) is 0.556. The molecule has 1 amide bonds. The van der Waals surface area contributed by atoms with E-state index < -0.39 is 34.2 Å². The maximum absolute atomic E-state index is 13.0. The van der Waals surface area contributed by atoms with Gasteiger partial charge >= 0.3 is 12.4 Å². The molecular weight excluding hydrogens is 494 g/mol. The molecule has 9 nitrogen and oxygen atoms in total. The third kappa shape index (κ3) is 6.59. The number of carbonyl (C=O) groups is 1. The predicted molar refractivity (Wildman–Crippen MR) is 110 cm³/mol. The monoisotopic (exact) mass is 514 g/mol. The topological polar surface area (TPSA) is 103 Å². The molecule has 188 valence electrons. The van der Waals surface area contributed by atoms with Crippen molar-refractivity contribution in [3.63, 3.8) is 0 Å². The van der Waals surface area contributed by atoms with Crippen LogP contribution < -0.4 is 15.8 Å². The minimum absolute atomic E-state index is 0.0158. The summed E-state index contributed by atoms with van der Waals surface area (Å²) in [4.78, 5) is 30.4. The summed E-state index contributed by atoms with van der Waals surface area (Å²) in [5.74, 6) is -0.203. The van der Waals surface area contributed by atoms with Crippen LogP contribution in [0.1, 0.15) is 17.0 Å². The predicted octanol–water partition coefficient (Wildman–Crippen LogP) is 2.43. The number of H-pyrrole nitrogens is 1. The van der Waals surface area contributed by atoms with Crippen LogP contribution >= 0.6 is 11.3 Å². The molecule has 1 aliphatic rings. The van der Waals surface area contributed by atoms with Gasteiger partial charge in [-0.1, -0.05) is 11.3 Å². The summed E-state index contributed by atoms with van der Waals surface area (Å²) < 4.78 is 82.3. The van der Waals surface area contributed by atoms with Crippen LogP contribution in [-0.2, 0) is 21.9 Å². The van der Waals surface area contributed by atoms with Crippen molar-refractivity contribution in [2.24, 2.45) is 0 Å². The highest BCUT2D eigenvalue weighted by atomic mass is 32.1. The summed E-state index contributed by atoms with van der Waals surface area (Å²) in [6.45, 7) is 1.35. The number of aromatic amines is 1. The average Bonchev–Trinajstić information content (AvgIpc) is 3.26. The lowest BCUT2D eigenvalue weighted by atomic mass is 10.2. The highest BCUT2D eigenvalue weighted by Crippen LogP contribution is 2.36. The molecule has 2 N–H and O–H groups in total. The first kappa shape index (κ1) is 25.7. The van der Waals surface area contributed by atoms with E-state index in [-0.39, 0.29) is 32.1 Å². The van der Waals surface area contributed by atoms with Crippen LogP contribution in [0.5, 0.6) is 0 Å². The third-order valence-electron chi connectivity index (χ3n) is 4.84. The number of nitrogens with zero attached hydrogens (tertiary/aromatic N) is 4. The van der Waals surface area contributed by atoms with Gasteiger partial charge in [-0.2, -0.15) is 31.4 Å². The Labute approximate surface area is 192 Å². The highest BCUT2D eigenvalue weighted by Gasteiger charge is 2.37. The molecule has 34 heavy (non-hydrogen) atoms. The summed E-state index contributed by atoms with van der Waals surface area (Å²) in [5, 5.41) is 6.98. The van der Waals surface area contributed by atoms with E-state index in [1.807, 2.05) is 0 Å². The fourth-order valence-corrected chi connectivity index (χ4v) is 4.05. The van der Waals surface area contributed by atoms with Crippen molar-refractivity contribution < 1.29 is 35.9 Å². The molecule has 0 unspecified atom stereocenters. The Morgan fingerprint density at radius 2 is 1.79 bits per heavy atom. The molecule has 0 spiro atoms. The first-order valence-corrected chi connectivity index (χ1v) is 10.8. The normalized spacial score (nSPS) is 15.0. The molecule has 0 bridgehead atoms. The van der Waals surface area contributed by atoms with Gasteiger partial charge < -0.3 is 19.9 Å². The summed E-state index contributed by atoms with van der Waals surface area (Å²) in [6, 6.07) is 0. The summed E-state index contributed by atoms with van der Waals surface area (Å²) in [6.07, 6.45) is -7.28. The Balaban J connectivity index is 1.36. The minimum atomic E-state index is -4.85. The van der Waals surface area contributed by atoms with Crippen LogP contribution in [0.3, 0.4) is 0 Å². The van der Waals surface area contributed by atoms with Crippen molar-refractivity contribution in [3.8, 4) is 0 Å². The van der Waals surface area contributed by atoms with Crippen molar-refractivity contribution in [3.05, 3.63) is 33.3 Å². The van der Waals surface area contributed by atoms with Crippen molar-refractivity contribution in [1.82, 2.24) is 20.1 Å². The van der Waals surface area contributed by atoms with Crippen LogP contribution in [0.2, 0.25) is 0 Å². The molecule has 0 aromatic carbocycles. The minimum Gasteiger partial charge on any atom is -0.381 e. The Bertz CT molecular complexity index is 1030. The number of carbonyl (C=O) groups excluding carboxylic acids is 1. The molecule has 1 aliphatic heterocycles. The quantitative estimate of drug-likeness (QED) is 0.412. The van der Waals surface area contributed by atoms with E-state index in [1.165, 1.54) is 6.20 Å². The van der Waals surface area contributed by atoms with Gasteiger partial charge in [-0.3, -0.25) is 9.59 Å². The number of anilines is 2. The molecule has 3 rings (SSSR count). The van der Waals surface area contributed by atoms with Gasteiger partial charge in [-0.05, 0) is 0 Å². The van der Waals surface area contributed by atoms with Crippen molar-refractivity contribution in [1.29, 1.82) is 0 Å². The number of amides is 1. The van der Waals surface area contributed by atoms with Gasteiger partial charge in [0.1, 0.15) is 10.6 Å². The van der Waals surface area contributed by atoms with Gasteiger partial charge in [0.15, 0.2) is 5.01 Å². The number of hydrogen-bond acceptors (Lipinski definition) is 8. The number of thiazole rings is 1. The lowest BCUT2D eigenvalue weighted by Gasteiger charge is -2.35. The highest BCUT2D eigenvalue weighted by molar-refractivity contribution is 7.15. The van der Waals surface area contributed by atoms with E-state index in [9.17, 15) is 35.9 Å². The molecule has 2 aromatic rings. The van der Waals surface area contributed by atoms with Crippen LogP contribution in [0.4, 0.5) is 37.0 Å². The smallest absolute Gasteiger partial charge is 0.381 e. The van der Waals surface area contributed by atoms with Crippen LogP contribution in [0.25, 0.3) is 0 Å². The SMILES string of the molecule is O=C(CCOCCNc1cn[nH]c(=O)c1C(F)(F)F)N1CCN(c2cnc(C(F)(F)F)s2)CC1. The van der Waals surface area contributed by atoms with Gasteiger partial charge in [0.2, 0.25) is 5.91 Å². The zero-order valence-electron chi connectivity index (χ0n) is 17.5. The fourth-order valence-electron chi connectivity index (χ4n) is 3.21. The average molecular weight is 514 g/mol. The Hall–Kier alpha value is -2.88. The molecule has 16 heteroatoms. The Kier molecular flexibility index (Phi) is 8.01. The maximum Gasteiger partial charge on any atom is 0.443 e. The second-order valence-electron chi connectivity index (χ2n) is 7.14. The van der Waals surface area contributed by atoms with Crippen molar-refractivity contribution in [2.45, 2.75) is 18.8 Å². The second kappa shape index (κ2) is 10.6. The van der Waals surface area contributed by atoms with E-state index >= 15 is 0 Å². The molecule has 1 fully saturated rings. The zero-order chi connectivity index (χ0) is 24.9. The molecule has 2 aromatic heterocycles. The first-order valence-electron chi connectivity index (χ1n) is 9.99. The lowest BCUT2D eigenvalue weighted by Crippen LogP contribution is -2.48. The third-order valence-corrected chi connectivity index (χ3v) is 5.94. The van der Waals surface area contributed by atoms with Crippen LogP contribution in [-0.4, -0.2) is 71.9 Å². The zero-order valence-corrected chi connectivity index (χ0v) is 18.3. The molecular formula is C18H20F6N6O3S. The molecule has 0 atom stereocenters. The van der Waals surface area contributed by atoms with E-state index in [2.05, 4.69) is 15.4 Å². The van der Waals surface area contributed by atoms with E-state index in [1.54, 1.807) is 14.9 Å². The molecule has 1 saturated heterocycles. The number of ether oxygens (including phenoxy) is 1. The van der Waals surface area contributed by atoms with Crippen molar-refractivity contribution >= 4 is 27.9 Å². The standard InChI is InChI=1S/C18H20F6N6O3S/c19-17(20,21)14-11(9-27-28-15(14)32)25-2-8-33-7-1-12(31)29-3-5-30(6-4-29)13-10-26-16(34-13)18(22,23)24/h9-10H,1-8H2,(H2,25,28,32). The van der Waals surface area contributed by atoms with E-state index in [0.717, 1.165) is 6.20 Å².